The summed E-state index contributed by atoms with van der Waals surface area (Å²) in [5.41, 5.74) is 3.27. The standard InChI is InChI=1S/C26H27ClN2O3S2.Na/c1-29(2)24(30)12-14-33-26(34-15-13-25(31)32)20-5-3-4-18(16-20)6-10-22-11-8-19-7-9-21(27)17-23(19)28-22;/h3-11,16-17,26H,12-15H2,1-2H3,(H,31,32);/b10-6+;/i1D3,2D3;. The number of pyridine rings is 1. The van der Waals surface area contributed by atoms with Crippen LogP contribution in [0.25, 0.3) is 23.1 Å². The molecule has 0 aliphatic heterocycles. The SMILES string of the molecule is [2H]C([2H])([2H])N(C(=O)CCSC(SCCC(=O)O)c1cccc(/C=C/c2ccc3ccc(Cl)cc3n2)c1)C([2H])([2H])[2H].[Na]. The molecule has 2 aromatic carbocycles. The maximum absolute atomic E-state index is 12.5. The number of hydrogen-bond acceptors (Lipinski definition) is 5. The number of carboxylic acids is 1. The van der Waals surface area contributed by atoms with E-state index >= 15 is 0 Å². The summed E-state index contributed by atoms with van der Waals surface area (Å²) in [6.07, 6.45) is 3.43. The maximum Gasteiger partial charge on any atom is 0.304 e. The zero-order chi connectivity index (χ0) is 29.5. The average Bonchev–Trinajstić information content (AvgIpc) is 2.84. The number of rotatable bonds is 11. The van der Waals surface area contributed by atoms with E-state index in [1.807, 2.05) is 60.7 Å². The van der Waals surface area contributed by atoms with E-state index in [1.54, 1.807) is 6.07 Å². The predicted molar refractivity (Wildman–Crippen MR) is 151 cm³/mol. The van der Waals surface area contributed by atoms with Crippen molar-refractivity contribution >= 4 is 99.6 Å². The number of benzene rings is 2. The number of carbonyl (C=O) groups excluding carboxylic acids is 1. The van der Waals surface area contributed by atoms with Crippen LogP contribution in [0.2, 0.25) is 5.02 Å². The molecule has 179 valence electrons. The Labute approximate surface area is 250 Å². The number of halogens is 1. The first kappa shape index (κ1) is 21.6. The van der Waals surface area contributed by atoms with Gasteiger partial charge in [-0.3, -0.25) is 9.59 Å². The van der Waals surface area contributed by atoms with Gasteiger partial charge >= 0.3 is 5.97 Å². The molecule has 35 heavy (non-hydrogen) atoms. The van der Waals surface area contributed by atoms with Crippen molar-refractivity contribution in [1.82, 2.24) is 9.88 Å². The number of carboxylic acid groups (broad SMARTS) is 1. The van der Waals surface area contributed by atoms with Crippen molar-refractivity contribution in [3.05, 3.63) is 76.4 Å². The Kier molecular flexibility index (Phi) is 9.21. The van der Waals surface area contributed by atoms with Crippen LogP contribution in [0, 0.1) is 0 Å². The van der Waals surface area contributed by atoms with Crippen molar-refractivity contribution in [2.75, 3.05) is 25.5 Å². The second kappa shape index (κ2) is 14.9. The molecule has 0 aliphatic carbocycles. The van der Waals surface area contributed by atoms with E-state index in [2.05, 4.69) is 4.98 Å². The molecule has 1 amide bonds. The van der Waals surface area contributed by atoms with Gasteiger partial charge in [0.05, 0.1) is 22.2 Å². The van der Waals surface area contributed by atoms with Gasteiger partial charge in [0.25, 0.3) is 0 Å². The minimum atomic E-state index is -3.09. The van der Waals surface area contributed by atoms with Crippen LogP contribution in [0.5, 0.6) is 0 Å². The number of nitrogens with zero attached hydrogens (tertiary/aromatic N) is 2. The fourth-order valence-corrected chi connectivity index (χ4v) is 5.87. The molecule has 0 saturated carbocycles. The van der Waals surface area contributed by atoms with Gasteiger partial charge in [-0.1, -0.05) is 48.0 Å². The largest absolute Gasteiger partial charge is 0.481 e. The van der Waals surface area contributed by atoms with Gasteiger partial charge in [-0.05, 0) is 41.5 Å². The van der Waals surface area contributed by atoms with Crippen LogP contribution in [-0.4, -0.2) is 81.9 Å². The number of fused-ring (bicyclic) bond motifs is 1. The third kappa shape index (κ3) is 9.83. The molecule has 1 atom stereocenters. The molecular weight excluding hydrogens is 511 g/mol. The molecule has 3 rings (SSSR count). The molecule has 1 unspecified atom stereocenters. The number of thioether (sulfide) groups is 2. The van der Waals surface area contributed by atoms with Gasteiger partial charge in [0.2, 0.25) is 5.91 Å². The summed E-state index contributed by atoms with van der Waals surface area (Å²) in [4.78, 5) is 28.2. The molecule has 1 heterocycles. The Bertz CT molecular complexity index is 1380. The zero-order valence-electron chi connectivity index (χ0n) is 25.1. The van der Waals surface area contributed by atoms with Crippen LogP contribution in [0.3, 0.4) is 0 Å². The van der Waals surface area contributed by atoms with Gasteiger partial charge < -0.3 is 10.0 Å². The Balaban J connectivity index is 0.00000588. The number of hydrogen-bond donors (Lipinski definition) is 1. The molecule has 0 saturated heterocycles. The van der Waals surface area contributed by atoms with Crippen molar-refractivity contribution in [2.24, 2.45) is 0 Å². The second-order valence-corrected chi connectivity index (χ2v) is 10.4. The van der Waals surface area contributed by atoms with Crippen molar-refractivity contribution in [3.63, 3.8) is 0 Å². The quantitative estimate of drug-likeness (QED) is 0.233. The monoisotopic (exact) mass is 543 g/mol. The number of aliphatic carboxylic acids is 1. The molecule has 5 nitrogen and oxygen atoms in total. The molecule has 0 bridgehead atoms. The first-order valence-electron chi connectivity index (χ1n) is 13.4. The van der Waals surface area contributed by atoms with Crippen molar-refractivity contribution < 1.29 is 22.9 Å². The normalized spacial score (nSPS) is 15.1. The van der Waals surface area contributed by atoms with Crippen LogP contribution in [-0.2, 0) is 9.59 Å². The van der Waals surface area contributed by atoms with E-state index in [4.69, 9.17) is 24.9 Å². The van der Waals surface area contributed by atoms with E-state index in [9.17, 15) is 9.59 Å². The summed E-state index contributed by atoms with van der Waals surface area (Å²) in [6.45, 7) is -6.18. The van der Waals surface area contributed by atoms with Crippen molar-refractivity contribution in [1.29, 1.82) is 0 Å². The Morgan fingerprint density at radius 1 is 1.09 bits per heavy atom. The van der Waals surface area contributed by atoms with E-state index < -0.39 is 25.8 Å². The predicted octanol–water partition coefficient (Wildman–Crippen LogP) is 6.10. The molecule has 0 aliphatic rings. The third-order valence-electron chi connectivity index (χ3n) is 4.72. The summed E-state index contributed by atoms with van der Waals surface area (Å²) in [6, 6.07) is 17.0. The van der Waals surface area contributed by atoms with Crippen molar-refractivity contribution in [2.45, 2.75) is 17.4 Å². The summed E-state index contributed by atoms with van der Waals surface area (Å²) < 4.78 is 44.3. The molecule has 0 spiro atoms. The number of carbonyl (C=O) groups is 2. The van der Waals surface area contributed by atoms with Gasteiger partial charge in [0.1, 0.15) is 0 Å². The molecule has 1 radical (unpaired) electrons. The van der Waals surface area contributed by atoms with E-state index in [0.717, 1.165) is 27.7 Å². The van der Waals surface area contributed by atoms with Gasteiger partial charge in [-0.25, -0.2) is 4.98 Å². The summed E-state index contributed by atoms with van der Waals surface area (Å²) in [5, 5.41) is 10.6. The van der Waals surface area contributed by atoms with Gasteiger partial charge in [0.15, 0.2) is 0 Å². The van der Waals surface area contributed by atoms with Crippen LogP contribution in [0.1, 0.15) is 42.5 Å². The molecule has 1 N–H and O–H groups in total. The molecule has 0 fully saturated rings. The number of amides is 1. The first-order chi connectivity index (χ1) is 18.7. The van der Waals surface area contributed by atoms with Crippen LogP contribution in [0.4, 0.5) is 0 Å². The Morgan fingerprint density at radius 3 is 2.57 bits per heavy atom. The van der Waals surface area contributed by atoms with Crippen LogP contribution in [0.15, 0.2) is 54.6 Å². The van der Waals surface area contributed by atoms with Crippen LogP contribution >= 0.6 is 35.1 Å². The number of aromatic nitrogens is 1. The minimum Gasteiger partial charge on any atom is -0.481 e. The summed E-state index contributed by atoms with van der Waals surface area (Å²) >= 11 is 8.80. The molecule has 1 aromatic heterocycles. The van der Waals surface area contributed by atoms with Gasteiger partial charge in [-0.2, -0.15) is 0 Å². The average molecular weight is 544 g/mol. The van der Waals surface area contributed by atoms with Crippen molar-refractivity contribution in [3.8, 4) is 0 Å². The zero-order valence-corrected chi connectivity index (χ0v) is 23.5. The minimum absolute atomic E-state index is 0. The topological polar surface area (TPSA) is 70.5 Å². The smallest absolute Gasteiger partial charge is 0.304 e. The Morgan fingerprint density at radius 2 is 1.83 bits per heavy atom. The fourth-order valence-electron chi connectivity index (χ4n) is 3.05. The van der Waals surface area contributed by atoms with E-state index in [0.29, 0.717) is 10.8 Å². The maximum atomic E-state index is 12.5. The van der Waals surface area contributed by atoms with Crippen LogP contribution < -0.4 is 0 Å². The van der Waals surface area contributed by atoms with Gasteiger partial charge in [0, 0.05) is 80.1 Å². The third-order valence-corrected chi connectivity index (χ3v) is 7.81. The van der Waals surface area contributed by atoms with E-state index in [1.165, 1.54) is 23.5 Å². The second-order valence-electron chi connectivity index (χ2n) is 7.27. The summed E-state index contributed by atoms with van der Waals surface area (Å²) in [5.74, 6) is -1.46. The summed E-state index contributed by atoms with van der Waals surface area (Å²) in [7, 11) is 0. The van der Waals surface area contributed by atoms with Gasteiger partial charge in [-0.15, -0.1) is 23.5 Å². The molecular formula is C26H27ClN2NaO3S2. The first-order valence-corrected chi connectivity index (χ1v) is 12.8. The molecule has 3 aromatic rings. The molecule has 9 heteroatoms. The Hall–Kier alpha value is -1.48. The van der Waals surface area contributed by atoms with E-state index in [-0.39, 0.29) is 57.6 Å². The fraction of sp³-hybridized carbons (Fsp3) is 0.269.